The molecule has 6 nitrogen and oxygen atoms in total. The van der Waals surface area contributed by atoms with Crippen molar-refractivity contribution in [2.75, 3.05) is 24.5 Å². The molecule has 174 valence electrons. The average Bonchev–Trinajstić information content (AvgIpc) is 2.65. The van der Waals surface area contributed by atoms with Gasteiger partial charge in [-0.15, -0.1) is 0 Å². The van der Waals surface area contributed by atoms with E-state index in [1.165, 1.54) is 22.5 Å². The molecule has 2 aromatic rings. The molecule has 1 N–H and O–H groups in total. The van der Waals surface area contributed by atoms with Crippen LogP contribution in [-0.4, -0.2) is 49.5 Å². The quantitative estimate of drug-likeness (QED) is 0.669. The summed E-state index contributed by atoms with van der Waals surface area (Å²) < 4.78 is 80.0. The predicted molar refractivity (Wildman–Crippen MR) is 109 cm³/mol. The second kappa shape index (κ2) is 8.70. The largest absolute Gasteiger partial charge is 0.481 e. The van der Waals surface area contributed by atoms with E-state index in [0.29, 0.717) is 17.2 Å². The lowest BCUT2D eigenvalue weighted by atomic mass is 10.1. The number of aryl methyl sites for hydroxylation is 1. The normalized spacial score (nSPS) is 18.1. The van der Waals surface area contributed by atoms with Gasteiger partial charge in [0.15, 0.2) is 0 Å². The van der Waals surface area contributed by atoms with Gasteiger partial charge in [-0.2, -0.15) is 17.5 Å². The number of anilines is 1. The van der Waals surface area contributed by atoms with Crippen LogP contribution in [0.2, 0.25) is 0 Å². The van der Waals surface area contributed by atoms with Crippen molar-refractivity contribution in [1.29, 1.82) is 0 Å². The van der Waals surface area contributed by atoms with Gasteiger partial charge in [-0.3, -0.25) is 4.79 Å². The van der Waals surface area contributed by atoms with E-state index in [0.717, 1.165) is 6.07 Å². The van der Waals surface area contributed by atoms with Crippen molar-refractivity contribution in [2.45, 2.75) is 37.4 Å². The molecular weight excluding hydrogens is 452 g/mol. The Bertz CT molecular complexity index is 1140. The lowest BCUT2D eigenvalue weighted by molar-refractivity contribution is -0.140. The number of aliphatic carboxylic acids is 1. The molecule has 32 heavy (non-hydrogen) atoms. The molecular formula is C21H22F4N2O4S. The van der Waals surface area contributed by atoms with Gasteiger partial charge >= 0.3 is 12.1 Å². The Kier molecular flexibility index (Phi) is 6.52. The third-order valence-corrected chi connectivity index (χ3v) is 7.13. The van der Waals surface area contributed by atoms with Gasteiger partial charge < -0.3 is 10.0 Å². The van der Waals surface area contributed by atoms with Gasteiger partial charge in [0.2, 0.25) is 10.0 Å². The van der Waals surface area contributed by atoms with Gasteiger partial charge in [-0.25, -0.2) is 12.8 Å². The zero-order valence-corrected chi connectivity index (χ0v) is 18.2. The maximum atomic E-state index is 14.0. The van der Waals surface area contributed by atoms with Crippen molar-refractivity contribution in [3.05, 3.63) is 58.9 Å². The zero-order chi connectivity index (χ0) is 23.8. The molecule has 1 fully saturated rings. The molecule has 0 amide bonds. The topological polar surface area (TPSA) is 77.9 Å². The summed E-state index contributed by atoms with van der Waals surface area (Å²) in [5, 5.41) is 9.00. The van der Waals surface area contributed by atoms with Gasteiger partial charge in [0.1, 0.15) is 5.82 Å². The van der Waals surface area contributed by atoms with Crippen molar-refractivity contribution in [3.8, 4) is 0 Å². The van der Waals surface area contributed by atoms with Crippen LogP contribution in [0.1, 0.15) is 23.6 Å². The molecule has 1 aliphatic rings. The number of benzene rings is 2. The number of rotatable bonds is 5. The summed E-state index contributed by atoms with van der Waals surface area (Å²) in [6.07, 6.45) is -5.11. The third kappa shape index (κ3) is 5.04. The first-order valence-electron chi connectivity index (χ1n) is 9.75. The van der Waals surface area contributed by atoms with Crippen molar-refractivity contribution < 1.29 is 35.9 Å². The molecule has 1 heterocycles. The number of nitrogens with zero attached hydrogens (tertiary/aromatic N) is 2. The summed E-state index contributed by atoms with van der Waals surface area (Å²) in [5.74, 6) is -2.46. The number of piperazine rings is 1. The maximum absolute atomic E-state index is 14.0. The minimum absolute atomic E-state index is 0.0185. The highest BCUT2D eigenvalue weighted by Gasteiger charge is 2.36. The fraction of sp³-hybridized carbons (Fsp3) is 0.381. The number of halogens is 4. The molecule has 0 saturated carbocycles. The molecule has 0 radical (unpaired) electrons. The minimum Gasteiger partial charge on any atom is -0.481 e. The van der Waals surface area contributed by atoms with Crippen LogP contribution in [0.3, 0.4) is 0 Å². The molecule has 11 heteroatoms. The first-order chi connectivity index (χ1) is 14.8. The number of sulfonamides is 1. The van der Waals surface area contributed by atoms with Gasteiger partial charge in [0, 0.05) is 31.4 Å². The second-order valence-electron chi connectivity index (χ2n) is 7.79. The number of hydrogen-bond donors (Lipinski definition) is 1. The minimum atomic E-state index is -4.80. The zero-order valence-electron chi connectivity index (χ0n) is 17.4. The van der Waals surface area contributed by atoms with E-state index in [2.05, 4.69) is 0 Å². The first-order valence-corrected chi connectivity index (χ1v) is 11.2. The van der Waals surface area contributed by atoms with Crippen LogP contribution in [0.5, 0.6) is 0 Å². The van der Waals surface area contributed by atoms with Crippen molar-refractivity contribution >= 4 is 21.7 Å². The van der Waals surface area contributed by atoms with E-state index in [1.54, 1.807) is 24.8 Å². The monoisotopic (exact) mass is 474 g/mol. The lowest BCUT2D eigenvalue weighted by Crippen LogP contribution is -2.53. The van der Waals surface area contributed by atoms with Crippen LogP contribution in [0.15, 0.2) is 41.3 Å². The van der Waals surface area contributed by atoms with Crippen molar-refractivity contribution in [1.82, 2.24) is 4.31 Å². The highest BCUT2D eigenvalue weighted by atomic mass is 32.2. The highest BCUT2D eigenvalue weighted by Crippen LogP contribution is 2.34. The Hall–Kier alpha value is -2.66. The summed E-state index contributed by atoms with van der Waals surface area (Å²) in [6.45, 7) is 3.59. The summed E-state index contributed by atoms with van der Waals surface area (Å²) in [6, 6.07) is 6.62. The Morgan fingerprint density at radius 2 is 1.84 bits per heavy atom. The van der Waals surface area contributed by atoms with E-state index in [9.17, 15) is 30.8 Å². The maximum Gasteiger partial charge on any atom is 0.419 e. The van der Waals surface area contributed by atoms with E-state index in [1.807, 2.05) is 0 Å². The molecule has 2 aromatic carbocycles. The van der Waals surface area contributed by atoms with Gasteiger partial charge in [0.25, 0.3) is 0 Å². The van der Waals surface area contributed by atoms with Crippen LogP contribution < -0.4 is 4.90 Å². The molecule has 1 atom stereocenters. The van der Waals surface area contributed by atoms with E-state index < -0.39 is 39.6 Å². The van der Waals surface area contributed by atoms with Gasteiger partial charge in [0.05, 0.1) is 16.9 Å². The summed E-state index contributed by atoms with van der Waals surface area (Å²) in [7, 11) is -3.92. The van der Waals surface area contributed by atoms with Crippen LogP contribution in [-0.2, 0) is 27.4 Å². The fourth-order valence-electron chi connectivity index (χ4n) is 3.84. The molecule has 0 bridgehead atoms. The van der Waals surface area contributed by atoms with Crippen molar-refractivity contribution in [2.24, 2.45) is 0 Å². The van der Waals surface area contributed by atoms with Crippen LogP contribution in [0.25, 0.3) is 0 Å². The molecule has 1 aliphatic heterocycles. The Balaban J connectivity index is 1.81. The predicted octanol–water partition coefficient (Wildman–Crippen LogP) is 3.68. The number of carboxylic acid groups (broad SMARTS) is 1. The van der Waals surface area contributed by atoms with Crippen molar-refractivity contribution in [3.63, 3.8) is 0 Å². The highest BCUT2D eigenvalue weighted by molar-refractivity contribution is 7.89. The Morgan fingerprint density at radius 1 is 1.16 bits per heavy atom. The van der Waals surface area contributed by atoms with Gasteiger partial charge in [-0.1, -0.05) is 6.07 Å². The summed E-state index contributed by atoms with van der Waals surface area (Å²) in [4.78, 5) is 12.6. The summed E-state index contributed by atoms with van der Waals surface area (Å²) >= 11 is 0. The van der Waals surface area contributed by atoms with Crippen LogP contribution in [0.4, 0.5) is 23.2 Å². The number of hydrogen-bond acceptors (Lipinski definition) is 4. The van der Waals surface area contributed by atoms with E-state index in [-0.39, 0.29) is 36.6 Å². The number of carboxylic acids is 1. The van der Waals surface area contributed by atoms with Crippen LogP contribution in [0, 0.1) is 12.7 Å². The van der Waals surface area contributed by atoms with E-state index >= 15 is 0 Å². The molecule has 3 rings (SSSR count). The van der Waals surface area contributed by atoms with E-state index in [4.69, 9.17) is 5.11 Å². The number of carbonyl (C=O) groups is 1. The molecule has 0 spiro atoms. The smallest absolute Gasteiger partial charge is 0.419 e. The first kappa shape index (κ1) is 24.0. The fourth-order valence-corrected chi connectivity index (χ4v) is 5.51. The SMILES string of the molecule is Cc1cc(CC(=O)O)cc(S(=O)(=O)N2CCN(c3ccc(C(F)(F)F)c(F)c3)[C@@H](C)C2)c1. The number of alkyl halides is 3. The van der Waals surface area contributed by atoms with Crippen LogP contribution >= 0.6 is 0 Å². The Morgan fingerprint density at radius 3 is 2.41 bits per heavy atom. The molecule has 1 saturated heterocycles. The molecule has 0 unspecified atom stereocenters. The molecule has 0 aromatic heterocycles. The standard InChI is InChI=1S/C21H22F4N2O4S/c1-13-7-15(10-20(28)29)9-17(8-13)32(30,31)26-5-6-27(14(2)12-26)16-3-4-18(19(22)11-16)21(23,24)25/h3-4,7-9,11,14H,5-6,10,12H2,1-2H3,(H,28,29)/t14-/m0/s1. The van der Waals surface area contributed by atoms with Gasteiger partial charge in [-0.05, 0) is 55.3 Å². The Labute approximate surface area is 183 Å². The molecule has 0 aliphatic carbocycles. The summed E-state index contributed by atoms with van der Waals surface area (Å²) in [5.41, 5.74) is -0.150. The third-order valence-electron chi connectivity index (χ3n) is 5.28. The second-order valence-corrected chi connectivity index (χ2v) is 9.73. The lowest BCUT2D eigenvalue weighted by Gasteiger charge is -2.40. The average molecular weight is 474 g/mol.